The van der Waals surface area contributed by atoms with Gasteiger partial charge in [0.1, 0.15) is 0 Å². The molecule has 0 rings (SSSR count). The summed E-state index contributed by atoms with van der Waals surface area (Å²) in [5, 5.41) is 0. The Kier molecular flexibility index (Phi) is 211. The van der Waals surface area contributed by atoms with Gasteiger partial charge in [0.05, 0.1) is 0 Å². The molecule has 0 bridgehead atoms. The molecule has 0 aliphatic rings. The predicted molar refractivity (Wildman–Crippen MR) is 12.2 cm³/mol. The normalized spacial score (nSPS) is 0. The van der Waals surface area contributed by atoms with Crippen LogP contribution >= 0.6 is 0 Å². The van der Waals surface area contributed by atoms with Crippen molar-refractivity contribution in [2.24, 2.45) is 0 Å². The zero-order valence-electron chi connectivity index (χ0n) is 3.56. The van der Waals surface area contributed by atoms with E-state index in [2.05, 4.69) is 0 Å². The van der Waals surface area contributed by atoms with Crippen molar-refractivity contribution in [3.05, 3.63) is 0 Å². The van der Waals surface area contributed by atoms with Crippen LogP contribution in [0.25, 0.3) is 0 Å². The van der Waals surface area contributed by atoms with Crippen molar-refractivity contribution in [2.45, 2.75) is 0 Å². The Balaban J connectivity index is 0. The average molecular weight is 116 g/mol. The molecule has 0 unspecified atom stereocenters. The van der Waals surface area contributed by atoms with Crippen LogP contribution in [-0.4, -0.2) is 16.8 Å². The van der Waals surface area contributed by atoms with E-state index in [9.17, 15) is 0 Å². The van der Waals surface area contributed by atoms with Crippen molar-refractivity contribution in [3.8, 4) is 0 Å². The minimum Gasteiger partial charge on any atom is -2.00 e. The molecule has 0 atom stereocenters. The van der Waals surface area contributed by atoms with Gasteiger partial charge in [0, 0.05) is 16.8 Å². The summed E-state index contributed by atoms with van der Waals surface area (Å²) in [5.41, 5.74) is 0. The Morgan fingerprint density at radius 2 is 0.600 bits per heavy atom. The van der Waals surface area contributed by atoms with Crippen molar-refractivity contribution < 1.29 is 108 Å². The third-order valence-corrected chi connectivity index (χ3v) is 0. The van der Waals surface area contributed by atoms with E-state index in [-0.39, 0.29) is 125 Å². The summed E-state index contributed by atoms with van der Waals surface area (Å²) in [6.45, 7) is 0. The van der Waals surface area contributed by atoms with Crippen LogP contribution in [0.1, 0.15) is 0 Å². The summed E-state index contributed by atoms with van der Waals surface area (Å²) in [4.78, 5) is 0. The van der Waals surface area contributed by atoms with E-state index in [4.69, 9.17) is 0 Å². The maximum atomic E-state index is 0. The maximum absolute atomic E-state index is 0. The first-order valence-corrected chi connectivity index (χ1v) is 0. The third kappa shape index (κ3) is 18.7. The summed E-state index contributed by atoms with van der Waals surface area (Å²) in [5.74, 6) is 0. The average Bonchev–Trinajstić information content (AvgIpc) is 0. The van der Waals surface area contributed by atoms with Crippen molar-refractivity contribution in [1.82, 2.24) is 0 Å². The molecule has 0 aromatic heterocycles. The number of hydrogen-bond donors (Lipinski definition) is 0. The Hall–Kier alpha value is 3.36. The molecule has 0 aromatic carbocycles. The molecule has 0 saturated heterocycles. The molecule has 5 heavy (non-hydrogen) atoms. The molecule has 0 aliphatic heterocycles. The monoisotopic (exact) mass is 116 g/mol. The Morgan fingerprint density at radius 3 is 0.600 bits per heavy atom. The topological polar surface area (TPSA) is 28.5 Å². The molecule has 5 heteroatoms. The van der Waals surface area contributed by atoms with Crippen LogP contribution in [-0.2, 0) is 5.48 Å². The van der Waals surface area contributed by atoms with Crippen molar-refractivity contribution >= 4 is 16.8 Å². The molecule has 0 aromatic rings. The minimum absolute atomic E-state index is 0. The van der Waals surface area contributed by atoms with Gasteiger partial charge in [0.25, 0.3) is 0 Å². The summed E-state index contributed by atoms with van der Waals surface area (Å²) in [7, 11) is 0. The van der Waals surface area contributed by atoms with Crippen molar-refractivity contribution in [2.75, 3.05) is 0 Å². The molecule has 0 heterocycles. The van der Waals surface area contributed by atoms with Gasteiger partial charge in [0.15, 0.2) is 0 Å². The number of hydrogen-bond acceptors (Lipinski definition) is 0. The van der Waals surface area contributed by atoms with Gasteiger partial charge in [-0.05, 0) is 0 Å². The van der Waals surface area contributed by atoms with E-state index in [0.29, 0.717) is 0 Å². The summed E-state index contributed by atoms with van der Waals surface area (Å²) >= 11 is 0. The first-order chi connectivity index (χ1) is 0. The van der Waals surface area contributed by atoms with Gasteiger partial charge in [-0.25, -0.2) is 0 Å². The Labute approximate surface area is 121 Å². The van der Waals surface area contributed by atoms with Crippen molar-refractivity contribution in [1.29, 1.82) is 0 Å². The van der Waals surface area contributed by atoms with Gasteiger partial charge in [-0.2, -0.15) is 0 Å². The maximum Gasteiger partial charge on any atom is 1.00 e. The second-order valence-electron chi connectivity index (χ2n) is 0. The van der Waals surface area contributed by atoms with Crippen LogP contribution in [0.5, 0.6) is 0 Å². The Bertz CT molecular complexity index is 7.61. The van der Waals surface area contributed by atoms with E-state index in [1.807, 2.05) is 0 Å². The smallest absolute Gasteiger partial charge is 1.00 e. The molecule has 0 amide bonds. The van der Waals surface area contributed by atoms with Crippen LogP contribution < -0.4 is 103 Å². The van der Waals surface area contributed by atoms with Crippen LogP contribution in [0.15, 0.2) is 0 Å². The molecule has 0 N–H and O–H groups in total. The molecular formula is B2K2O. The van der Waals surface area contributed by atoms with E-state index in [0.717, 1.165) is 0 Å². The first-order valence-electron chi connectivity index (χ1n) is 0. The van der Waals surface area contributed by atoms with E-state index in [1.54, 1.807) is 0 Å². The fourth-order valence-electron chi connectivity index (χ4n) is 0. The second-order valence-corrected chi connectivity index (χ2v) is 0. The largest absolute Gasteiger partial charge is 2.00 e. The molecule has 1 nitrogen and oxygen atoms in total. The van der Waals surface area contributed by atoms with Gasteiger partial charge in [-0.3, -0.25) is 0 Å². The van der Waals surface area contributed by atoms with E-state index in [1.165, 1.54) is 0 Å². The molecule has 0 saturated carbocycles. The Morgan fingerprint density at radius 1 is 0.600 bits per heavy atom. The van der Waals surface area contributed by atoms with E-state index < -0.39 is 0 Å². The van der Waals surface area contributed by atoms with Crippen LogP contribution in [0.2, 0.25) is 0 Å². The van der Waals surface area contributed by atoms with E-state index >= 15 is 0 Å². The third-order valence-electron chi connectivity index (χ3n) is 0. The predicted octanol–water partition coefficient (Wildman–Crippen LogP) is -6.87. The summed E-state index contributed by atoms with van der Waals surface area (Å²) < 4.78 is 0. The van der Waals surface area contributed by atoms with Crippen molar-refractivity contribution in [3.63, 3.8) is 0 Å². The van der Waals surface area contributed by atoms with Gasteiger partial charge in [-0.1, -0.05) is 0 Å². The molecule has 0 fully saturated rings. The fourth-order valence-corrected chi connectivity index (χ4v) is 0. The first kappa shape index (κ1) is 40.1. The molecule has 0 spiro atoms. The van der Waals surface area contributed by atoms with Crippen LogP contribution in [0, 0.1) is 0 Å². The molecule has 14 valence electrons. The van der Waals surface area contributed by atoms with Gasteiger partial charge in [-0.15, -0.1) is 0 Å². The minimum atomic E-state index is 0. The summed E-state index contributed by atoms with van der Waals surface area (Å²) in [6.07, 6.45) is 0. The number of rotatable bonds is 0. The summed E-state index contributed by atoms with van der Waals surface area (Å²) in [6, 6.07) is 0. The standard InChI is InChI=1S/2B.2K.O/q;;2*+1;-2. The molecule has 0 aliphatic carbocycles. The molecular weight excluding hydrogens is 116 g/mol. The van der Waals surface area contributed by atoms with Gasteiger partial charge in [0.2, 0.25) is 0 Å². The fraction of sp³-hybridized carbons (Fsp3) is 0. The molecule has 6 radical (unpaired) electrons. The quantitative estimate of drug-likeness (QED) is 0.281. The second kappa shape index (κ2) is 26.4. The zero-order chi connectivity index (χ0) is 0. The zero-order valence-corrected chi connectivity index (χ0v) is 9.81. The SMILES string of the molecule is [B].[B].[K+].[K+].[O-2]. The van der Waals surface area contributed by atoms with Crippen LogP contribution in [0.4, 0.5) is 0 Å². The van der Waals surface area contributed by atoms with Crippen LogP contribution in [0.3, 0.4) is 0 Å². The van der Waals surface area contributed by atoms with Gasteiger partial charge >= 0.3 is 103 Å². The van der Waals surface area contributed by atoms with Gasteiger partial charge < -0.3 is 5.48 Å².